The molecular formula is C21H13BrCl2N2. The van der Waals surface area contributed by atoms with Gasteiger partial charge in [-0.25, -0.2) is 4.98 Å². The number of aromatic amines is 1. The van der Waals surface area contributed by atoms with Gasteiger partial charge in [-0.05, 0) is 30.3 Å². The number of hydrogen-bond acceptors (Lipinski definition) is 1. The van der Waals surface area contributed by atoms with Crippen molar-refractivity contribution in [2.45, 2.75) is 0 Å². The van der Waals surface area contributed by atoms with Crippen LogP contribution in [0.15, 0.2) is 77.3 Å². The molecule has 128 valence electrons. The van der Waals surface area contributed by atoms with Crippen LogP contribution in [0.3, 0.4) is 0 Å². The second-order valence-electron chi connectivity index (χ2n) is 5.81. The second kappa shape index (κ2) is 7.28. The average Bonchev–Trinajstić information content (AvgIpc) is 3.11. The van der Waals surface area contributed by atoms with E-state index in [-0.39, 0.29) is 0 Å². The zero-order chi connectivity index (χ0) is 18.1. The second-order valence-corrected chi connectivity index (χ2v) is 7.54. The number of benzene rings is 3. The van der Waals surface area contributed by atoms with Gasteiger partial charge in [-0.3, -0.25) is 0 Å². The maximum absolute atomic E-state index is 6.18. The molecule has 0 fully saturated rings. The monoisotopic (exact) mass is 442 g/mol. The molecule has 1 heterocycles. The summed E-state index contributed by atoms with van der Waals surface area (Å²) in [5.41, 5.74) is 4.86. The van der Waals surface area contributed by atoms with Gasteiger partial charge in [0.15, 0.2) is 0 Å². The molecule has 26 heavy (non-hydrogen) atoms. The summed E-state index contributed by atoms with van der Waals surface area (Å²) >= 11 is 15.7. The summed E-state index contributed by atoms with van der Waals surface area (Å²) in [6.07, 6.45) is 0. The summed E-state index contributed by atoms with van der Waals surface area (Å²) in [4.78, 5) is 8.30. The number of halogens is 3. The molecule has 0 aliphatic carbocycles. The van der Waals surface area contributed by atoms with Gasteiger partial charge in [-0.2, -0.15) is 0 Å². The third-order valence-electron chi connectivity index (χ3n) is 4.08. The average molecular weight is 444 g/mol. The van der Waals surface area contributed by atoms with Gasteiger partial charge in [-0.15, -0.1) is 0 Å². The lowest BCUT2D eigenvalue weighted by Gasteiger charge is -2.03. The first-order valence-electron chi connectivity index (χ1n) is 7.98. The van der Waals surface area contributed by atoms with Gasteiger partial charge in [0.05, 0.1) is 21.4 Å². The minimum absolute atomic E-state index is 0.506. The van der Waals surface area contributed by atoms with Gasteiger partial charge in [0.25, 0.3) is 0 Å². The SMILES string of the molecule is Clc1ccc(-c2nc(-c3ccccc3)c(-c3ccc(Br)cc3)[nH]2)cc1Cl. The van der Waals surface area contributed by atoms with E-state index in [1.54, 1.807) is 6.07 Å². The summed E-state index contributed by atoms with van der Waals surface area (Å²) in [6, 6.07) is 23.8. The maximum atomic E-state index is 6.18. The van der Waals surface area contributed by atoms with Gasteiger partial charge in [0.2, 0.25) is 0 Å². The lowest BCUT2D eigenvalue weighted by atomic mass is 10.1. The Bertz CT molecular complexity index is 1060. The largest absolute Gasteiger partial charge is 0.337 e. The maximum Gasteiger partial charge on any atom is 0.138 e. The van der Waals surface area contributed by atoms with Crippen LogP contribution in [-0.4, -0.2) is 9.97 Å². The zero-order valence-electron chi connectivity index (χ0n) is 13.5. The fraction of sp³-hybridized carbons (Fsp3) is 0. The Morgan fingerprint density at radius 2 is 1.42 bits per heavy atom. The van der Waals surface area contributed by atoms with Gasteiger partial charge >= 0.3 is 0 Å². The highest BCUT2D eigenvalue weighted by Crippen LogP contribution is 2.35. The number of hydrogen-bond donors (Lipinski definition) is 1. The molecule has 0 atom stereocenters. The summed E-state index contributed by atoms with van der Waals surface area (Å²) in [5, 5.41) is 1.03. The predicted octanol–water partition coefficient (Wildman–Crippen LogP) is 7.48. The Morgan fingerprint density at radius 1 is 0.731 bits per heavy atom. The van der Waals surface area contributed by atoms with Crippen LogP contribution in [0.2, 0.25) is 10.0 Å². The minimum Gasteiger partial charge on any atom is -0.337 e. The van der Waals surface area contributed by atoms with E-state index < -0.39 is 0 Å². The van der Waals surface area contributed by atoms with E-state index >= 15 is 0 Å². The van der Waals surface area contributed by atoms with Crippen molar-refractivity contribution in [3.05, 3.63) is 87.3 Å². The molecule has 3 aromatic carbocycles. The van der Waals surface area contributed by atoms with Gasteiger partial charge in [-0.1, -0.05) is 81.6 Å². The van der Waals surface area contributed by atoms with Crippen LogP contribution >= 0.6 is 39.1 Å². The van der Waals surface area contributed by atoms with E-state index in [2.05, 4.69) is 45.2 Å². The molecule has 0 radical (unpaired) electrons. The van der Waals surface area contributed by atoms with Crippen LogP contribution < -0.4 is 0 Å². The van der Waals surface area contributed by atoms with Gasteiger partial charge in [0, 0.05) is 21.2 Å². The van der Waals surface area contributed by atoms with Crippen molar-refractivity contribution < 1.29 is 0 Å². The molecule has 0 spiro atoms. The zero-order valence-corrected chi connectivity index (χ0v) is 16.6. The molecule has 0 saturated carbocycles. The van der Waals surface area contributed by atoms with Crippen molar-refractivity contribution in [2.24, 2.45) is 0 Å². The number of nitrogens with one attached hydrogen (secondary N) is 1. The molecule has 0 bridgehead atoms. The molecule has 0 aliphatic heterocycles. The highest BCUT2D eigenvalue weighted by atomic mass is 79.9. The number of aromatic nitrogens is 2. The number of nitrogens with zero attached hydrogens (tertiary/aromatic N) is 1. The molecule has 1 N–H and O–H groups in total. The summed E-state index contributed by atoms with van der Waals surface area (Å²) in [7, 11) is 0. The highest BCUT2D eigenvalue weighted by Gasteiger charge is 2.15. The molecule has 4 aromatic rings. The summed E-state index contributed by atoms with van der Waals surface area (Å²) in [5.74, 6) is 0.750. The van der Waals surface area contributed by atoms with Gasteiger partial charge < -0.3 is 4.98 Å². The molecular weight excluding hydrogens is 431 g/mol. The van der Waals surface area contributed by atoms with Crippen molar-refractivity contribution in [3.63, 3.8) is 0 Å². The van der Waals surface area contributed by atoms with E-state index in [0.29, 0.717) is 10.0 Å². The Balaban J connectivity index is 1.90. The summed E-state index contributed by atoms with van der Waals surface area (Å²) in [6.45, 7) is 0. The van der Waals surface area contributed by atoms with Crippen molar-refractivity contribution in [2.75, 3.05) is 0 Å². The Morgan fingerprint density at radius 3 is 2.12 bits per heavy atom. The normalized spacial score (nSPS) is 10.9. The molecule has 2 nitrogen and oxygen atoms in total. The first-order valence-corrected chi connectivity index (χ1v) is 9.53. The van der Waals surface area contributed by atoms with Crippen molar-refractivity contribution in [1.29, 1.82) is 0 Å². The smallest absolute Gasteiger partial charge is 0.138 e. The van der Waals surface area contributed by atoms with Crippen LogP contribution in [0.1, 0.15) is 0 Å². The predicted molar refractivity (Wildman–Crippen MR) is 113 cm³/mol. The molecule has 5 heteroatoms. The Kier molecular flexibility index (Phi) is 4.86. The van der Waals surface area contributed by atoms with Crippen LogP contribution in [0, 0.1) is 0 Å². The first kappa shape index (κ1) is 17.3. The Labute approximate surface area is 170 Å². The lowest BCUT2D eigenvalue weighted by molar-refractivity contribution is 1.31. The lowest BCUT2D eigenvalue weighted by Crippen LogP contribution is -1.83. The number of imidazole rings is 1. The van der Waals surface area contributed by atoms with Gasteiger partial charge in [0.1, 0.15) is 5.82 Å². The molecule has 0 saturated heterocycles. The topological polar surface area (TPSA) is 28.7 Å². The molecule has 0 amide bonds. The fourth-order valence-corrected chi connectivity index (χ4v) is 3.35. The standard InChI is InChI=1S/C21H13BrCl2N2/c22-16-9-6-14(7-10-16)20-19(13-4-2-1-3-5-13)25-21(26-20)15-8-11-17(23)18(24)12-15/h1-12H,(H,25,26). The Hall–Kier alpha value is -2.07. The first-order chi connectivity index (χ1) is 12.6. The molecule has 1 aromatic heterocycles. The summed E-state index contributed by atoms with van der Waals surface area (Å²) < 4.78 is 1.03. The highest BCUT2D eigenvalue weighted by molar-refractivity contribution is 9.10. The van der Waals surface area contributed by atoms with Crippen LogP contribution in [0.4, 0.5) is 0 Å². The van der Waals surface area contributed by atoms with Crippen molar-refractivity contribution in [1.82, 2.24) is 9.97 Å². The third-order valence-corrected chi connectivity index (χ3v) is 5.34. The van der Waals surface area contributed by atoms with Crippen LogP contribution in [0.25, 0.3) is 33.9 Å². The number of rotatable bonds is 3. The van der Waals surface area contributed by atoms with Crippen molar-refractivity contribution in [3.8, 4) is 33.9 Å². The van der Waals surface area contributed by atoms with E-state index in [0.717, 1.165) is 38.4 Å². The van der Waals surface area contributed by atoms with E-state index in [1.807, 2.05) is 42.5 Å². The quantitative estimate of drug-likeness (QED) is 0.349. The van der Waals surface area contributed by atoms with Crippen LogP contribution in [-0.2, 0) is 0 Å². The van der Waals surface area contributed by atoms with E-state index in [9.17, 15) is 0 Å². The van der Waals surface area contributed by atoms with Crippen LogP contribution in [0.5, 0.6) is 0 Å². The molecule has 0 unspecified atom stereocenters. The molecule has 0 aliphatic rings. The fourth-order valence-electron chi connectivity index (χ4n) is 2.78. The van der Waals surface area contributed by atoms with Crippen molar-refractivity contribution >= 4 is 39.1 Å². The third kappa shape index (κ3) is 3.43. The van der Waals surface area contributed by atoms with E-state index in [1.165, 1.54) is 0 Å². The van der Waals surface area contributed by atoms with E-state index in [4.69, 9.17) is 28.2 Å². The minimum atomic E-state index is 0.506. The number of H-pyrrole nitrogens is 1. The molecule has 4 rings (SSSR count).